The van der Waals surface area contributed by atoms with Crippen LogP contribution in [0.15, 0.2) is 4.52 Å². The molecule has 1 saturated carbocycles. The molecule has 0 unspecified atom stereocenters. The monoisotopic (exact) mass is 304 g/mol. The maximum Gasteiger partial charge on any atom is 0.229 e. The van der Waals surface area contributed by atoms with Crippen LogP contribution in [-0.2, 0) is 9.59 Å². The summed E-state index contributed by atoms with van der Waals surface area (Å²) in [5.41, 5.74) is 0. The van der Waals surface area contributed by atoms with Gasteiger partial charge in [0.1, 0.15) is 0 Å². The molecule has 0 radical (unpaired) electrons. The molecule has 3 fully saturated rings. The third-order valence-electron chi connectivity index (χ3n) is 4.91. The largest absolute Gasteiger partial charge is 0.345 e. The average Bonchev–Trinajstić information content (AvgIpc) is 2.93. The molecule has 2 aliphatic heterocycles. The number of hydrogen-bond acceptors (Lipinski definition) is 5. The van der Waals surface area contributed by atoms with E-state index < -0.39 is 0 Å². The predicted molar refractivity (Wildman–Crippen MR) is 75.7 cm³/mol. The number of hydrogen-bond donors (Lipinski definition) is 0. The molecule has 0 aromatic carbocycles. The number of amides is 2. The minimum atomic E-state index is -0.229. The highest BCUT2D eigenvalue weighted by Gasteiger charge is 2.41. The molecule has 2 amide bonds. The van der Waals surface area contributed by atoms with Crippen molar-refractivity contribution >= 4 is 11.8 Å². The van der Waals surface area contributed by atoms with Crippen molar-refractivity contribution < 1.29 is 14.1 Å². The second kappa shape index (κ2) is 5.07. The Bertz CT molecular complexity index is 610. The van der Waals surface area contributed by atoms with E-state index in [1.807, 2.05) is 4.90 Å². The van der Waals surface area contributed by atoms with Crippen LogP contribution < -0.4 is 0 Å². The lowest BCUT2D eigenvalue weighted by atomic mass is 10.1. The van der Waals surface area contributed by atoms with Crippen LogP contribution in [0.3, 0.4) is 0 Å². The lowest BCUT2D eigenvalue weighted by molar-refractivity contribution is -0.136. The highest BCUT2D eigenvalue weighted by atomic mass is 16.5. The van der Waals surface area contributed by atoms with Gasteiger partial charge in [0.05, 0.1) is 12.0 Å². The summed E-state index contributed by atoms with van der Waals surface area (Å²) in [6.45, 7) is 1.23. The smallest absolute Gasteiger partial charge is 0.229 e. The van der Waals surface area contributed by atoms with Crippen LogP contribution in [0.1, 0.15) is 55.8 Å². The molecule has 3 aliphatic rings. The third-order valence-corrected chi connectivity index (χ3v) is 4.91. The fraction of sp³-hybridized carbons (Fsp3) is 0.733. The highest BCUT2D eigenvalue weighted by Crippen LogP contribution is 2.40. The molecular weight excluding hydrogens is 284 g/mol. The SMILES string of the molecule is CN1C[C@@H](C(=O)N2CCC[C@H]2c2noc(C3CC3)n2)CC1=O. The first kappa shape index (κ1) is 13.7. The lowest BCUT2D eigenvalue weighted by Crippen LogP contribution is -2.37. The molecule has 2 atom stereocenters. The summed E-state index contributed by atoms with van der Waals surface area (Å²) in [6.07, 6.45) is 4.36. The van der Waals surface area contributed by atoms with Crippen LogP contribution >= 0.6 is 0 Å². The zero-order valence-corrected chi connectivity index (χ0v) is 12.7. The highest BCUT2D eigenvalue weighted by molar-refractivity contribution is 5.89. The summed E-state index contributed by atoms with van der Waals surface area (Å²) >= 11 is 0. The third kappa shape index (κ3) is 2.28. The molecule has 7 heteroatoms. The Balaban J connectivity index is 1.50. The van der Waals surface area contributed by atoms with E-state index in [1.54, 1.807) is 11.9 Å². The molecule has 2 saturated heterocycles. The molecule has 4 rings (SSSR count). The zero-order valence-electron chi connectivity index (χ0n) is 12.7. The van der Waals surface area contributed by atoms with Crippen molar-refractivity contribution in [1.82, 2.24) is 19.9 Å². The first-order chi connectivity index (χ1) is 10.6. The van der Waals surface area contributed by atoms with Crippen LogP contribution in [0.2, 0.25) is 0 Å². The van der Waals surface area contributed by atoms with Gasteiger partial charge in [-0.3, -0.25) is 9.59 Å². The summed E-state index contributed by atoms with van der Waals surface area (Å²) in [6, 6.07) is -0.0928. The molecule has 1 aromatic heterocycles. The van der Waals surface area contributed by atoms with Gasteiger partial charge < -0.3 is 14.3 Å². The van der Waals surface area contributed by atoms with Gasteiger partial charge in [-0.25, -0.2) is 0 Å². The minimum absolute atomic E-state index is 0.0460. The minimum Gasteiger partial charge on any atom is -0.345 e. The van der Waals surface area contributed by atoms with Crippen molar-refractivity contribution in [2.75, 3.05) is 20.1 Å². The predicted octanol–water partition coefficient (Wildman–Crippen LogP) is 1.09. The Labute approximate surface area is 128 Å². The fourth-order valence-electron chi connectivity index (χ4n) is 3.44. The van der Waals surface area contributed by atoms with Crippen LogP contribution in [0, 0.1) is 5.92 Å². The number of rotatable bonds is 3. The van der Waals surface area contributed by atoms with Gasteiger partial charge in [-0.2, -0.15) is 4.98 Å². The van der Waals surface area contributed by atoms with E-state index in [4.69, 9.17) is 4.52 Å². The average molecular weight is 304 g/mol. The van der Waals surface area contributed by atoms with Crippen LogP contribution in [0.25, 0.3) is 0 Å². The molecule has 0 spiro atoms. The number of carbonyl (C=O) groups is 2. The van der Waals surface area contributed by atoms with E-state index in [1.165, 1.54) is 0 Å². The van der Waals surface area contributed by atoms with Crippen LogP contribution in [0.5, 0.6) is 0 Å². The van der Waals surface area contributed by atoms with Crippen LogP contribution in [-0.4, -0.2) is 51.9 Å². The van der Waals surface area contributed by atoms with Crippen LogP contribution in [0.4, 0.5) is 0 Å². The Morgan fingerprint density at radius 1 is 1.32 bits per heavy atom. The summed E-state index contributed by atoms with van der Waals surface area (Å²) in [5.74, 6) is 1.64. The molecule has 1 aromatic rings. The normalized spacial score (nSPS) is 28.7. The van der Waals surface area contributed by atoms with Gasteiger partial charge in [0.15, 0.2) is 5.82 Å². The quantitative estimate of drug-likeness (QED) is 0.835. The van der Waals surface area contributed by atoms with E-state index in [-0.39, 0.29) is 23.8 Å². The van der Waals surface area contributed by atoms with E-state index in [0.29, 0.717) is 37.1 Å². The standard InChI is InChI=1S/C15H20N4O3/c1-18-8-10(7-12(18)20)15(21)19-6-2-3-11(19)13-16-14(22-17-13)9-4-5-9/h9-11H,2-8H2,1H3/t10-,11-/m0/s1. The van der Waals surface area contributed by atoms with E-state index in [0.717, 1.165) is 25.7 Å². The summed E-state index contributed by atoms with van der Waals surface area (Å²) in [7, 11) is 1.75. The van der Waals surface area contributed by atoms with E-state index in [9.17, 15) is 9.59 Å². The molecule has 3 heterocycles. The maximum atomic E-state index is 12.7. The first-order valence-corrected chi connectivity index (χ1v) is 8.01. The number of nitrogens with zero attached hydrogens (tertiary/aromatic N) is 4. The second-order valence-electron chi connectivity index (χ2n) is 6.63. The van der Waals surface area contributed by atoms with Crippen molar-refractivity contribution in [3.05, 3.63) is 11.7 Å². The lowest BCUT2D eigenvalue weighted by Gasteiger charge is -2.25. The molecule has 22 heavy (non-hydrogen) atoms. The molecule has 118 valence electrons. The Morgan fingerprint density at radius 2 is 2.14 bits per heavy atom. The van der Waals surface area contributed by atoms with Gasteiger partial charge in [-0.05, 0) is 25.7 Å². The molecule has 0 bridgehead atoms. The van der Waals surface area contributed by atoms with Crippen molar-refractivity contribution in [1.29, 1.82) is 0 Å². The topological polar surface area (TPSA) is 79.5 Å². The Hall–Kier alpha value is -1.92. The molecular formula is C15H20N4O3. The van der Waals surface area contributed by atoms with Gasteiger partial charge >= 0.3 is 0 Å². The van der Waals surface area contributed by atoms with Gasteiger partial charge in [-0.15, -0.1) is 0 Å². The van der Waals surface area contributed by atoms with Gasteiger partial charge in [0.2, 0.25) is 17.7 Å². The molecule has 7 nitrogen and oxygen atoms in total. The summed E-state index contributed by atoms with van der Waals surface area (Å²) in [5, 5.41) is 4.09. The van der Waals surface area contributed by atoms with Crippen molar-refractivity contribution in [3.8, 4) is 0 Å². The first-order valence-electron chi connectivity index (χ1n) is 8.01. The molecule has 0 N–H and O–H groups in total. The van der Waals surface area contributed by atoms with E-state index in [2.05, 4.69) is 10.1 Å². The summed E-state index contributed by atoms with van der Waals surface area (Å²) < 4.78 is 5.33. The zero-order chi connectivity index (χ0) is 15.3. The summed E-state index contributed by atoms with van der Waals surface area (Å²) in [4.78, 5) is 32.4. The fourth-order valence-corrected chi connectivity index (χ4v) is 3.44. The second-order valence-corrected chi connectivity index (χ2v) is 6.63. The van der Waals surface area contributed by atoms with Gasteiger partial charge in [0, 0.05) is 32.5 Å². The Morgan fingerprint density at radius 3 is 2.82 bits per heavy atom. The van der Waals surface area contributed by atoms with Crippen molar-refractivity contribution in [2.45, 2.75) is 44.1 Å². The maximum absolute atomic E-state index is 12.7. The van der Waals surface area contributed by atoms with Crippen molar-refractivity contribution in [3.63, 3.8) is 0 Å². The number of likely N-dealkylation sites (tertiary alicyclic amines) is 2. The molecule has 1 aliphatic carbocycles. The van der Waals surface area contributed by atoms with E-state index >= 15 is 0 Å². The number of carbonyl (C=O) groups excluding carboxylic acids is 2. The van der Waals surface area contributed by atoms with Gasteiger partial charge in [0.25, 0.3) is 0 Å². The number of aromatic nitrogens is 2. The Kier molecular flexibility index (Phi) is 3.16. The van der Waals surface area contributed by atoms with Gasteiger partial charge in [-0.1, -0.05) is 5.16 Å². The van der Waals surface area contributed by atoms with Crippen molar-refractivity contribution in [2.24, 2.45) is 5.92 Å².